The lowest BCUT2D eigenvalue weighted by Crippen LogP contribution is -2.31. The second kappa shape index (κ2) is 10.3. The zero-order valence-corrected chi connectivity index (χ0v) is 22.4. The molecule has 3 aromatic carbocycles. The highest BCUT2D eigenvalue weighted by molar-refractivity contribution is 7.89. The topological polar surface area (TPSA) is 92.5 Å². The molecular formula is C29H27N3O4S2. The van der Waals surface area contributed by atoms with Crippen LogP contribution in [-0.2, 0) is 21.2 Å². The number of nitrogens with one attached hydrogen (secondary N) is 1. The molecule has 0 atom stereocenters. The van der Waals surface area contributed by atoms with Crippen molar-refractivity contribution in [2.45, 2.75) is 37.0 Å². The second-order valence-electron chi connectivity index (χ2n) is 9.53. The molecule has 5 aromatic rings. The average Bonchev–Trinajstić information content (AvgIpc) is 3.46. The number of sulfonamides is 1. The van der Waals surface area contributed by atoms with Crippen LogP contribution in [0.2, 0.25) is 0 Å². The monoisotopic (exact) mass is 545 g/mol. The SMILES string of the molecule is O=C(Cc1coc2ccc3ccccc3c12)Nc1nc(-c2ccc(S(=O)(=O)N3CCCCCC3)cc2)cs1. The Kier molecular flexibility index (Phi) is 6.73. The fraction of sp³-hybridized carbons (Fsp3) is 0.241. The Hall–Kier alpha value is -3.53. The van der Waals surface area contributed by atoms with E-state index in [-0.39, 0.29) is 12.3 Å². The van der Waals surface area contributed by atoms with Crippen molar-refractivity contribution in [3.05, 3.63) is 77.9 Å². The van der Waals surface area contributed by atoms with Gasteiger partial charge in [-0.15, -0.1) is 11.3 Å². The van der Waals surface area contributed by atoms with E-state index in [0.29, 0.717) is 28.8 Å². The third-order valence-electron chi connectivity index (χ3n) is 6.99. The number of amides is 1. The summed E-state index contributed by atoms with van der Waals surface area (Å²) in [5.74, 6) is -0.180. The molecule has 194 valence electrons. The van der Waals surface area contributed by atoms with E-state index in [1.807, 2.05) is 41.8 Å². The zero-order valence-electron chi connectivity index (χ0n) is 20.7. The largest absolute Gasteiger partial charge is 0.464 e. The van der Waals surface area contributed by atoms with E-state index in [1.54, 1.807) is 34.8 Å². The molecule has 6 rings (SSSR count). The summed E-state index contributed by atoms with van der Waals surface area (Å²) in [5, 5.41) is 8.34. The standard InChI is InChI=1S/C29H27N3O4S2/c33-27(17-22-18-36-26-14-11-20-7-3-4-8-24(20)28(22)26)31-29-30-25(19-37-29)21-9-12-23(13-10-21)38(34,35)32-15-5-1-2-6-16-32/h3-4,7-14,18-19H,1-2,5-6,15-17H2,(H,30,31,33). The Morgan fingerprint density at radius 2 is 1.74 bits per heavy atom. The summed E-state index contributed by atoms with van der Waals surface area (Å²) in [7, 11) is -3.50. The van der Waals surface area contributed by atoms with Crippen LogP contribution >= 0.6 is 11.3 Å². The van der Waals surface area contributed by atoms with E-state index in [4.69, 9.17) is 4.42 Å². The van der Waals surface area contributed by atoms with Crippen LogP contribution in [0.25, 0.3) is 33.0 Å². The summed E-state index contributed by atoms with van der Waals surface area (Å²) in [6.07, 6.45) is 5.76. The van der Waals surface area contributed by atoms with Crippen molar-refractivity contribution in [3.63, 3.8) is 0 Å². The van der Waals surface area contributed by atoms with Crippen LogP contribution in [0.15, 0.2) is 81.6 Å². The van der Waals surface area contributed by atoms with Gasteiger partial charge in [0, 0.05) is 35.0 Å². The van der Waals surface area contributed by atoms with Crippen molar-refractivity contribution in [3.8, 4) is 11.3 Å². The Morgan fingerprint density at radius 1 is 0.974 bits per heavy atom. The number of fused-ring (bicyclic) bond motifs is 3. The average molecular weight is 546 g/mol. The predicted molar refractivity (Wildman–Crippen MR) is 151 cm³/mol. The number of hydrogen-bond acceptors (Lipinski definition) is 6. The van der Waals surface area contributed by atoms with Gasteiger partial charge in [0.2, 0.25) is 15.9 Å². The number of carbonyl (C=O) groups is 1. The van der Waals surface area contributed by atoms with Gasteiger partial charge in [0.25, 0.3) is 0 Å². The smallest absolute Gasteiger partial charge is 0.243 e. The summed E-state index contributed by atoms with van der Waals surface area (Å²) < 4.78 is 33.4. The van der Waals surface area contributed by atoms with Crippen LogP contribution in [-0.4, -0.2) is 36.7 Å². The maximum absolute atomic E-state index is 13.1. The van der Waals surface area contributed by atoms with Gasteiger partial charge in [-0.05, 0) is 41.8 Å². The van der Waals surface area contributed by atoms with Gasteiger partial charge in [0.1, 0.15) is 5.58 Å². The molecule has 0 aliphatic carbocycles. The van der Waals surface area contributed by atoms with E-state index in [1.165, 1.54) is 11.3 Å². The van der Waals surface area contributed by atoms with Gasteiger partial charge in [0.15, 0.2) is 5.13 Å². The fourth-order valence-electron chi connectivity index (χ4n) is 5.03. The minimum absolute atomic E-state index is 0.166. The van der Waals surface area contributed by atoms with E-state index in [0.717, 1.165) is 58.6 Å². The van der Waals surface area contributed by atoms with Gasteiger partial charge in [-0.2, -0.15) is 4.31 Å². The molecule has 9 heteroatoms. The van der Waals surface area contributed by atoms with Gasteiger partial charge in [-0.3, -0.25) is 4.79 Å². The third kappa shape index (κ3) is 4.84. The number of benzene rings is 3. The lowest BCUT2D eigenvalue weighted by molar-refractivity contribution is -0.115. The highest BCUT2D eigenvalue weighted by atomic mass is 32.2. The first kappa shape index (κ1) is 24.8. The van der Waals surface area contributed by atoms with Crippen LogP contribution in [0, 0.1) is 0 Å². The minimum Gasteiger partial charge on any atom is -0.464 e. The molecule has 1 fully saturated rings. The van der Waals surface area contributed by atoms with Gasteiger partial charge in [-0.1, -0.05) is 55.3 Å². The number of carbonyl (C=O) groups excluding carboxylic acids is 1. The fourth-order valence-corrected chi connectivity index (χ4v) is 7.29. The van der Waals surface area contributed by atoms with E-state index < -0.39 is 10.0 Å². The van der Waals surface area contributed by atoms with Crippen molar-refractivity contribution < 1.29 is 17.6 Å². The molecule has 1 aliphatic rings. The van der Waals surface area contributed by atoms with Crippen LogP contribution in [0.4, 0.5) is 5.13 Å². The van der Waals surface area contributed by atoms with Crippen LogP contribution in [0.3, 0.4) is 0 Å². The molecule has 38 heavy (non-hydrogen) atoms. The highest BCUT2D eigenvalue weighted by Gasteiger charge is 2.25. The Bertz CT molecular complexity index is 1710. The summed E-state index contributed by atoms with van der Waals surface area (Å²) in [5.41, 5.74) is 3.06. The molecular weight excluding hydrogens is 518 g/mol. The molecule has 3 heterocycles. The first-order valence-corrected chi connectivity index (χ1v) is 15.0. The predicted octanol–water partition coefficient (Wildman–Crippen LogP) is 6.46. The van der Waals surface area contributed by atoms with Gasteiger partial charge in [-0.25, -0.2) is 13.4 Å². The number of furan rings is 1. The number of hydrogen-bond donors (Lipinski definition) is 1. The second-order valence-corrected chi connectivity index (χ2v) is 12.3. The number of aromatic nitrogens is 1. The van der Waals surface area contributed by atoms with Crippen LogP contribution in [0.5, 0.6) is 0 Å². The van der Waals surface area contributed by atoms with Gasteiger partial charge in [0.05, 0.1) is 23.3 Å². The molecule has 2 aromatic heterocycles. The van der Waals surface area contributed by atoms with E-state index in [2.05, 4.69) is 10.3 Å². The Labute approximate surface area is 225 Å². The van der Waals surface area contributed by atoms with Crippen LogP contribution in [0.1, 0.15) is 31.2 Å². The normalized spacial score (nSPS) is 15.1. The number of anilines is 1. The molecule has 0 unspecified atom stereocenters. The number of rotatable bonds is 6. The van der Waals surface area contributed by atoms with Crippen molar-refractivity contribution in [2.75, 3.05) is 18.4 Å². The van der Waals surface area contributed by atoms with Gasteiger partial charge >= 0.3 is 0 Å². The quantitative estimate of drug-likeness (QED) is 0.265. The highest BCUT2D eigenvalue weighted by Crippen LogP contribution is 2.31. The Balaban J connectivity index is 1.15. The lowest BCUT2D eigenvalue weighted by atomic mass is 10.0. The molecule has 0 radical (unpaired) electrons. The van der Waals surface area contributed by atoms with Crippen molar-refractivity contribution in [1.29, 1.82) is 0 Å². The summed E-state index contributed by atoms with van der Waals surface area (Å²) in [6, 6.07) is 18.8. The molecule has 0 bridgehead atoms. The third-order valence-corrected chi connectivity index (χ3v) is 9.67. The molecule has 1 N–H and O–H groups in total. The summed E-state index contributed by atoms with van der Waals surface area (Å²) in [4.78, 5) is 17.7. The molecule has 1 saturated heterocycles. The minimum atomic E-state index is -3.50. The molecule has 0 spiro atoms. The number of thiazole rings is 1. The maximum atomic E-state index is 13.1. The Morgan fingerprint density at radius 3 is 2.53 bits per heavy atom. The molecule has 7 nitrogen and oxygen atoms in total. The zero-order chi connectivity index (χ0) is 26.1. The number of nitrogens with zero attached hydrogens (tertiary/aromatic N) is 2. The van der Waals surface area contributed by atoms with Gasteiger partial charge < -0.3 is 9.73 Å². The molecule has 0 saturated carbocycles. The first-order valence-electron chi connectivity index (χ1n) is 12.7. The molecule has 1 amide bonds. The maximum Gasteiger partial charge on any atom is 0.243 e. The van der Waals surface area contributed by atoms with Crippen molar-refractivity contribution in [2.24, 2.45) is 0 Å². The van der Waals surface area contributed by atoms with Crippen LogP contribution < -0.4 is 5.32 Å². The lowest BCUT2D eigenvalue weighted by Gasteiger charge is -2.19. The van der Waals surface area contributed by atoms with E-state index >= 15 is 0 Å². The van der Waals surface area contributed by atoms with E-state index in [9.17, 15) is 13.2 Å². The first-order chi connectivity index (χ1) is 18.5. The summed E-state index contributed by atoms with van der Waals surface area (Å²) in [6.45, 7) is 1.15. The van der Waals surface area contributed by atoms with Crippen molar-refractivity contribution in [1.82, 2.24) is 9.29 Å². The summed E-state index contributed by atoms with van der Waals surface area (Å²) >= 11 is 1.33. The molecule has 1 aliphatic heterocycles. The van der Waals surface area contributed by atoms with Crippen molar-refractivity contribution >= 4 is 54.1 Å².